The normalized spacial score (nSPS) is 16.0. The number of carbonyl (C=O) groups is 1. The summed E-state index contributed by atoms with van der Waals surface area (Å²) in [5, 5.41) is 11.5. The van der Waals surface area contributed by atoms with Crippen molar-refractivity contribution in [1.29, 1.82) is 0 Å². The zero-order valence-corrected chi connectivity index (χ0v) is 13.6. The van der Waals surface area contributed by atoms with Crippen molar-refractivity contribution in [2.75, 3.05) is 0 Å². The van der Waals surface area contributed by atoms with Crippen LogP contribution in [0.1, 0.15) is 23.7 Å². The topological polar surface area (TPSA) is 80.7 Å². The number of rotatable bonds is 4. The summed E-state index contributed by atoms with van der Waals surface area (Å²) in [5.74, 6) is 0.785. The van der Waals surface area contributed by atoms with Crippen molar-refractivity contribution in [2.24, 2.45) is 5.73 Å². The number of benzene rings is 2. The van der Waals surface area contributed by atoms with Gasteiger partial charge in [0.1, 0.15) is 18.4 Å². The van der Waals surface area contributed by atoms with Crippen molar-refractivity contribution < 1.29 is 14.7 Å². The molecule has 0 spiro atoms. The predicted octanol–water partition coefficient (Wildman–Crippen LogP) is 3.44. The minimum Gasteiger partial charge on any atom is -0.489 e. The molecule has 25 heavy (non-hydrogen) atoms. The number of hydrogen-bond donors (Lipinski definition) is 2. The quantitative estimate of drug-likeness (QED) is 0.565. The third-order valence-electron chi connectivity index (χ3n) is 4.64. The molecule has 1 unspecified atom stereocenters. The maximum absolute atomic E-state index is 11.3. The summed E-state index contributed by atoms with van der Waals surface area (Å²) in [6, 6.07) is 16.7. The molecule has 0 saturated heterocycles. The Balaban J connectivity index is 1.59. The highest BCUT2D eigenvalue weighted by Crippen LogP contribution is 2.36. The minimum atomic E-state index is -0.837. The number of aryl methyl sites for hydroxylation is 1. The summed E-state index contributed by atoms with van der Waals surface area (Å²) >= 11 is 0. The molecule has 1 aliphatic rings. The van der Waals surface area contributed by atoms with E-state index in [1.165, 1.54) is 0 Å². The van der Waals surface area contributed by atoms with Crippen LogP contribution < -0.4 is 10.5 Å². The van der Waals surface area contributed by atoms with Crippen LogP contribution in [0.15, 0.2) is 54.6 Å². The predicted molar refractivity (Wildman–Crippen MR) is 93.3 cm³/mol. The van der Waals surface area contributed by atoms with Gasteiger partial charge in [-0.3, -0.25) is 5.21 Å². The number of urea groups is 1. The fourth-order valence-corrected chi connectivity index (χ4v) is 3.43. The highest BCUT2D eigenvalue weighted by Gasteiger charge is 2.31. The molecular formula is C19H19N3O3. The van der Waals surface area contributed by atoms with E-state index in [1.807, 2.05) is 54.6 Å². The van der Waals surface area contributed by atoms with E-state index in [2.05, 4.69) is 4.57 Å². The lowest BCUT2D eigenvalue weighted by atomic mass is 10.1. The lowest BCUT2D eigenvalue weighted by Crippen LogP contribution is -2.35. The number of nitrogens with two attached hydrogens (primary N) is 1. The second-order valence-corrected chi connectivity index (χ2v) is 6.20. The van der Waals surface area contributed by atoms with E-state index < -0.39 is 12.1 Å². The van der Waals surface area contributed by atoms with Crippen LogP contribution in [0.3, 0.4) is 0 Å². The summed E-state index contributed by atoms with van der Waals surface area (Å²) in [7, 11) is 0. The zero-order valence-electron chi connectivity index (χ0n) is 13.6. The van der Waals surface area contributed by atoms with Gasteiger partial charge in [-0.25, -0.2) is 4.79 Å². The van der Waals surface area contributed by atoms with Crippen molar-refractivity contribution in [3.05, 3.63) is 65.9 Å². The molecule has 0 radical (unpaired) electrons. The van der Waals surface area contributed by atoms with Gasteiger partial charge < -0.3 is 15.0 Å². The number of amides is 2. The van der Waals surface area contributed by atoms with Crippen LogP contribution >= 0.6 is 0 Å². The number of primary amides is 1. The van der Waals surface area contributed by atoms with E-state index >= 15 is 0 Å². The third kappa shape index (κ3) is 2.81. The van der Waals surface area contributed by atoms with Gasteiger partial charge in [0.05, 0.1) is 0 Å². The molecule has 4 rings (SSSR count). The van der Waals surface area contributed by atoms with Gasteiger partial charge in [0, 0.05) is 23.1 Å². The standard InChI is InChI=1S/C19H19N3O3/c20-19(23)22(24)17-8-9-21-16-7-6-15(10-14(16)11-18(17)21)25-12-13-4-2-1-3-5-13/h1-7,10-11,17,24H,8-9,12H2,(H2,20,23). The molecule has 128 valence electrons. The van der Waals surface area contributed by atoms with Gasteiger partial charge in [-0.2, -0.15) is 5.06 Å². The Morgan fingerprint density at radius 1 is 1.24 bits per heavy atom. The van der Waals surface area contributed by atoms with Crippen LogP contribution in [0.4, 0.5) is 4.79 Å². The smallest absolute Gasteiger partial charge is 0.339 e. The average molecular weight is 337 g/mol. The molecule has 0 aliphatic carbocycles. The van der Waals surface area contributed by atoms with Gasteiger partial charge in [0.15, 0.2) is 0 Å². The zero-order chi connectivity index (χ0) is 17.4. The first kappa shape index (κ1) is 15.5. The molecule has 2 amide bonds. The largest absolute Gasteiger partial charge is 0.489 e. The van der Waals surface area contributed by atoms with E-state index in [4.69, 9.17) is 10.5 Å². The van der Waals surface area contributed by atoms with Crippen LogP contribution in [-0.4, -0.2) is 20.9 Å². The molecule has 1 aliphatic heterocycles. The fourth-order valence-electron chi connectivity index (χ4n) is 3.43. The Bertz CT molecular complexity index is 920. The van der Waals surface area contributed by atoms with Crippen LogP contribution in [0.25, 0.3) is 10.9 Å². The summed E-state index contributed by atoms with van der Waals surface area (Å²) in [4.78, 5) is 11.3. The molecule has 0 saturated carbocycles. The Morgan fingerprint density at radius 2 is 2.04 bits per heavy atom. The van der Waals surface area contributed by atoms with E-state index in [0.717, 1.165) is 34.5 Å². The van der Waals surface area contributed by atoms with Crippen molar-refractivity contribution in [2.45, 2.75) is 25.6 Å². The van der Waals surface area contributed by atoms with Crippen LogP contribution in [-0.2, 0) is 13.2 Å². The maximum atomic E-state index is 11.3. The number of fused-ring (bicyclic) bond motifs is 3. The highest BCUT2D eigenvalue weighted by atomic mass is 16.5. The van der Waals surface area contributed by atoms with Gasteiger partial charge in [-0.05, 0) is 36.2 Å². The number of ether oxygens (including phenoxy) is 1. The fraction of sp³-hybridized carbons (Fsp3) is 0.211. The van der Waals surface area contributed by atoms with Crippen molar-refractivity contribution in [1.82, 2.24) is 9.63 Å². The Morgan fingerprint density at radius 3 is 2.80 bits per heavy atom. The molecule has 0 fully saturated rings. The number of aromatic nitrogens is 1. The monoisotopic (exact) mass is 337 g/mol. The van der Waals surface area contributed by atoms with Crippen molar-refractivity contribution >= 4 is 16.9 Å². The Labute approximate surface area is 145 Å². The van der Waals surface area contributed by atoms with Crippen molar-refractivity contribution in [3.63, 3.8) is 0 Å². The first-order chi connectivity index (χ1) is 12.1. The SMILES string of the molecule is NC(=O)N(O)C1CCn2c1cc1cc(OCc3ccccc3)ccc12. The molecule has 2 heterocycles. The van der Waals surface area contributed by atoms with Crippen LogP contribution in [0.5, 0.6) is 5.75 Å². The van der Waals surface area contributed by atoms with Gasteiger partial charge in [-0.1, -0.05) is 30.3 Å². The molecule has 6 heteroatoms. The van der Waals surface area contributed by atoms with Crippen LogP contribution in [0, 0.1) is 0 Å². The number of nitrogens with zero attached hydrogens (tertiary/aromatic N) is 2. The minimum absolute atomic E-state index is 0.404. The molecule has 1 atom stereocenters. The lowest BCUT2D eigenvalue weighted by Gasteiger charge is -2.18. The highest BCUT2D eigenvalue weighted by molar-refractivity contribution is 5.83. The summed E-state index contributed by atoms with van der Waals surface area (Å²) in [6.45, 7) is 1.24. The molecule has 3 aromatic rings. The molecule has 6 nitrogen and oxygen atoms in total. The van der Waals surface area contributed by atoms with Gasteiger partial charge >= 0.3 is 6.03 Å². The van der Waals surface area contributed by atoms with Crippen molar-refractivity contribution in [3.8, 4) is 5.75 Å². The second kappa shape index (κ2) is 6.14. The summed E-state index contributed by atoms with van der Waals surface area (Å²) in [6.07, 6.45) is 0.650. The van der Waals surface area contributed by atoms with E-state index in [-0.39, 0.29) is 0 Å². The van der Waals surface area contributed by atoms with E-state index in [1.54, 1.807) is 0 Å². The first-order valence-corrected chi connectivity index (χ1v) is 8.21. The van der Waals surface area contributed by atoms with Gasteiger partial charge in [0.2, 0.25) is 0 Å². The number of hydrogen-bond acceptors (Lipinski definition) is 3. The first-order valence-electron chi connectivity index (χ1n) is 8.21. The van der Waals surface area contributed by atoms with E-state index in [9.17, 15) is 10.0 Å². The number of carbonyl (C=O) groups excluding carboxylic acids is 1. The Hall–Kier alpha value is -2.99. The molecule has 3 N–H and O–H groups in total. The van der Waals surface area contributed by atoms with E-state index in [0.29, 0.717) is 18.1 Å². The summed E-state index contributed by atoms with van der Waals surface area (Å²) < 4.78 is 7.97. The van der Waals surface area contributed by atoms with Gasteiger partial charge in [-0.15, -0.1) is 0 Å². The molecular weight excluding hydrogens is 318 g/mol. The number of hydroxylamine groups is 2. The maximum Gasteiger partial charge on any atom is 0.339 e. The van der Waals surface area contributed by atoms with Gasteiger partial charge in [0.25, 0.3) is 0 Å². The average Bonchev–Trinajstić information content (AvgIpc) is 3.18. The summed E-state index contributed by atoms with van der Waals surface area (Å²) in [5.41, 5.74) is 8.25. The molecule has 0 bridgehead atoms. The molecule has 2 aromatic carbocycles. The van der Waals surface area contributed by atoms with Crippen LogP contribution in [0.2, 0.25) is 0 Å². The Kier molecular flexibility index (Phi) is 3.82. The molecule has 1 aromatic heterocycles. The third-order valence-corrected chi connectivity index (χ3v) is 4.64. The lowest BCUT2D eigenvalue weighted by molar-refractivity contribution is -0.0758. The second-order valence-electron chi connectivity index (χ2n) is 6.20.